The third-order valence-corrected chi connectivity index (χ3v) is 3.60. The van der Waals surface area contributed by atoms with E-state index >= 15 is 0 Å². The van der Waals surface area contributed by atoms with Gasteiger partial charge in [0.2, 0.25) is 5.91 Å². The van der Waals surface area contributed by atoms with Gasteiger partial charge < -0.3 is 11.1 Å². The van der Waals surface area contributed by atoms with Gasteiger partial charge in [0.05, 0.1) is 0 Å². The van der Waals surface area contributed by atoms with Crippen LogP contribution in [0.2, 0.25) is 0 Å². The first-order valence-electron chi connectivity index (χ1n) is 5.97. The first kappa shape index (κ1) is 14.8. The lowest BCUT2D eigenvalue weighted by Gasteiger charge is -2.11. The third kappa shape index (κ3) is 4.22. The number of carbonyl (C=O) groups is 1. The average molecular weight is 270 g/mol. The summed E-state index contributed by atoms with van der Waals surface area (Å²) in [5.41, 5.74) is 6.52. The van der Waals surface area contributed by atoms with Crippen molar-refractivity contribution in [2.24, 2.45) is 5.73 Å². The summed E-state index contributed by atoms with van der Waals surface area (Å²) in [4.78, 5) is 11.1. The van der Waals surface area contributed by atoms with E-state index in [2.05, 4.69) is 12.2 Å². The Morgan fingerprint density at radius 3 is 2.83 bits per heavy atom. The number of benzene rings is 1. The minimum Gasteiger partial charge on any atom is -0.385 e. The first-order chi connectivity index (χ1) is 8.56. The average Bonchev–Trinajstić information content (AvgIpc) is 2.33. The van der Waals surface area contributed by atoms with Crippen molar-refractivity contribution < 1.29 is 9.18 Å². The van der Waals surface area contributed by atoms with Crippen LogP contribution in [0.5, 0.6) is 0 Å². The van der Waals surface area contributed by atoms with Gasteiger partial charge >= 0.3 is 0 Å². The second kappa shape index (κ2) is 7.26. The largest absolute Gasteiger partial charge is 0.385 e. The number of anilines is 1. The Morgan fingerprint density at radius 2 is 2.22 bits per heavy atom. The van der Waals surface area contributed by atoms with E-state index in [-0.39, 0.29) is 5.56 Å². The molecule has 1 amide bonds. The van der Waals surface area contributed by atoms with E-state index < -0.39 is 11.7 Å². The Labute approximate surface area is 111 Å². The molecule has 1 rings (SSSR count). The maximum atomic E-state index is 13.6. The van der Waals surface area contributed by atoms with E-state index in [1.807, 2.05) is 11.8 Å². The molecule has 18 heavy (non-hydrogen) atoms. The van der Waals surface area contributed by atoms with E-state index in [4.69, 9.17) is 5.73 Å². The number of rotatable bonds is 7. The van der Waals surface area contributed by atoms with Crippen LogP contribution in [0.3, 0.4) is 0 Å². The normalized spacial score (nSPS) is 10.4. The SMILES string of the molecule is CCSCCCNc1cc(C(N)=O)cc(F)c1C. The minimum absolute atomic E-state index is 0.198. The van der Waals surface area contributed by atoms with Crippen LogP contribution in [0.4, 0.5) is 10.1 Å². The van der Waals surface area contributed by atoms with E-state index in [1.165, 1.54) is 6.07 Å². The monoisotopic (exact) mass is 270 g/mol. The molecule has 0 aromatic heterocycles. The maximum Gasteiger partial charge on any atom is 0.248 e. The molecule has 0 bridgehead atoms. The van der Waals surface area contributed by atoms with Crippen molar-refractivity contribution in [3.05, 3.63) is 29.1 Å². The lowest BCUT2D eigenvalue weighted by atomic mass is 10.1. The predicted octanol–water partition coefficient (Wildman–Crippen LogP) is 2.79. The number of carbonyl (C=O) groups excluding carboxylic acids is 1. The van der Waals surface area contributed by atoms with Crippen LogP contribution >= 0.6 is 11.8 Å². The lowest BCUT2D eigenvalue weighted by molar-refractivity contribution is 0.1000. The molecule has 0 spiro atoms. The fourth-order valence-electron chi connectivity index (χ4n) is 1.55. The highest BCUT2D eigenvalue weighted by molar-refractivity contribution is 7.99. The number of hydrogen-bond donors (Lipinski definition) is 2. The molecular formula is C13H19FN2OS. The fourth-order valence-corrected chi connectivity index (χ4v) is 2.18. The number of primary amides is 1. The molecule has 100 valence electrons. The van der Waals surface area contributed by atoms with Crippen molar-refractivity contribution >= 4 is 23.4 Å². The van der Waals surface area contributed by atoms with Gasteiger partial charge in [0.25, 0.3) is 0 Å². The summed E-state index contributed by atoms with van der Waals surface area (Å²) in [7, 11) is 0. The number of nitrogens with two attached hydrogens (primary N) is 1. The summed E-state index contributed by atoms with van der Waals surface area (Å²) >= 11 is 1.87. The quantitative estimate of drug-likeness (QED) is 0.749. The molecule has 0 aliphatic heterocycles. The van der Waals surface area contributed by atoms with Crippen LogP contribution in [0.1, 0.15) is 29.3 Å². The van der Waals surface area contributed by atoms with Gasteiger partial charge in [-0.2, -0.15) is 11.8 Å². The Bertz CT molecular complexity index is 424. The van der Waals surface area contributed by atoms with Gasteiger partial charge in [-0.15, -0.1) is 0 Å². The van der Waals surface area contributed by atoms with Crippen LogP contribution in [-0.4, -0.2) is 24.0 Å². The first-order valence-corrected chi connectivity index (χ1v) is 7.13. The molecule has 0 aliphatic rings. The second-order valence-corrected chi connectivity index (χ2v) is 5.37. The molecule has 3 N–H and O–H groups in total. The molecule has 0 saturated carbocycles. The summed E-state index contributed by atoms with van der Waals surface area (Å²) < 4.78 is 13.6. The molecule has 5 heteroatoms. The molecular weight excluding hydrogens is 251 g/mol. The lowest BCUT2D eigenvalue weighted by Crippen LogP contribution is -2.13. The molecule has 1 aromatic carbocycles. The molecule has 0 unspecified atom stereocenters. The molecule has 0 saturated heterocycles. The predicted molar refractivity (Wildman–Crippen MR) is 75.8 cm³/mol. The summed E-state index contributed by atoms with van der Waals surface area (Å²) in [5, 5.41) is 3.15. The van der Waals surface area contributed by atoms with E-state index in [0.717, 1.165) is 24.5 Å². The van der Waals surface area contributed by atoms with Crippen molar-refractivity contribution in [3.8, 4) is 0 Å². The fraction of sp³-hybridized carbons (Fsp3) is 0.462. The molecule has 0 fully saturated rings. The van der Waals surface area contributed by atoms with Gasteiger partial charge in [-0.1, -0.05) is 6.92 Å². The second-order valence-electron chi connectivity index (χ2n) is 3.97. The molecule has 0 aliphatic carbocycles. The Hall–Kier alpha value is -1.23. The summed E-state index contributed by atoms with van der Waals surface area (Å²) in [5.74, 6) is 1.15. The summed E-state index contributed by atoms with van der Waals surface area (Å²) in [6, 6.07) is 2.78. The third-order valence-electron chi connectivity index (χ3n) is 2.61. The Kier molecular flexibility index (Phi) is 5.98. The van der Waals surface area contributed by atoms with Gasteiger partial charge in [-0.25, -0.2) is 4.39 Å². The molecule has 1 aromatic rings. The van der Waals surface area contributed by atoms with Crippen molar-refractivity contribution in [1.29, 1.82) is 0 Å². The number of hydrogen-bond acceptors (Lipinski definition) is 3. The van der Waals surface area contributed by atoms with E-state index in [1.54, 1.807) is 13.0 Å². The summed E-state index contributed by atoms with van der Waals surface area (Å²) in [6.07, 6.45) is 1.00. The van der Waals surface area contributed by atoms with Crippen molar-refractivity contribution in [2.75, 3.05) is 23.4 Å². The number of thioether (sulfide) groups is 1. The van der Waals surface area contributed by atoms with Gasteiger partial charge in [-0.3, -0.25) is 4.79 Å². The zero-order chi connectivity index (χ0) is 13.5. The Balaban J connectivity index is 2.66. The van der Waals surface area contributed by atoms with Crippen molar-refractivity contribution in [2.45, 2.75) is 20.3 Å². The van der Waals surface area contributed by atoms with Crippen LogP contribution in [0, 0.1) is 12.7 Å². The number of halogens is 1. The highest BCUT2D eigenvalue weighted by atomic mass is 32.2. The molecule has 3 nitrogen and oxygen atoms in total. The standard InChI is InChI=1S/C13H19FN2OS/c1-3-18-6-4-5-16-12-8-10(13(15)17)7-11(14)9(12)2/h7-8,16H,3-6H2,1-2H3,(H2,15,17). The van der Waals surface area contributed by atoms with Crippen LogP contribution in [0.25, 0.3) is 0 Å². The van der Waals surface area contributed by atoms with Gasteiger partial charge in [-0.05, 0) is 37.0 Å². The van der Waals surface area contributed by atoms with Crippen molar-refractivity contribution in [1.82, 2.24) is 0 Å². The summed E-state index contributed by atoms with van der Waals surface area (Å²) in [6.45, 7) is 4.56. The molecule has 0 heterocycles. The highest BCUT2D eigenvalue weighted by Crippen LogP contribution is 2.20. The van der Waals surface area contributed by atoms with Crippen molar-refractivity contribution in [3.63, 3.8) is 0 Å². The molecule has 0 atom stereocenters. The zero-order valence-corrected chi connectivity index (χ0v) is 11.6. The van der Waals surface area contributed by atoms with Crippen LogP contribution in [-0.2, 0) is 0 Å². The number of amides is 1. The van der Waals surface area contributed by atoms with Crippen LogP contribution in [0.15, 0.2) is 12.1 Å². The number of nitrogens with one attached hydrogen (secondary N) is 1. The topological polar surface area (TPSA) is 55.1 Å². The van der Waals surface area contributed by atoms with E-state index in [9.17, 15) is 9.18 Å². The highest BCUT2D eigenvalue weighted by Gasteiger charge is 2.09. The van der Waals surface area contributed by atoms with Crippen LogP contribution < -0.4 is 11.1 Å². The van der Waals surface area contributed by atoms with Gasteiger partial charge in [0.15, 0.2) is 0 Å². The van der Waals surface area contributed by atoms with Gasteiger partial charge in [0, 0.05) is 23.4 Å². The smallest absolute Gasteiger partial charge is 0.248 e. The minimum atomic E-state index is -0.613. The Morgan fingerprint density at radius 1 is 1.50 bits per heavy atom. The zero-order valence-electron chi connectivity index (χ0n) is 10.8. The molecule has 0 radical (unpaired) electrons. The maximum absolute atomic E-state index is 13.6. The van der Waals surface area contributed by atoms with E-state index in [0.29, 0.717) is 11.3 Å². The van der Waals surface area contributed by atoms with Gasteiger partial charge in [0.1, 0.15) is 5.82 Å².